The van der Waals surface area contributed by atoms with E-state index in [1.807, 2.05) is 30.3 Å². The molecule has 2 aromatic rings. The summed E-state index contributed by atoms with van der Waals surface area (Å²) in [7, 11) is -3.84. The molecule has 0 saturated carbocycles. The van der Waals surface area contributed by atoms with Gasteiger partial charge in [0, 0.05) is 12.1 Å². The number of hydrogen-bond acceptors (Lipinski definition) is 6. The van der Waals surface area contributed by atoms with Crippen molar-refractivity contribution in [2.75, 3.05) is 12.8 Å². The summed E-state index contributed by atoms with van der Waals surface area (Å²) < 4.78 is 23.1. The molecule has 1 unspecified atom stereocenters. The van der Waals surface area contributed by atoms with E-state index in [0.717, 1.165) is 5.56 Å². The average Bonchev–Trinajstić information content (AvgIpc) is 2.61. The lowest BCUT2D eigenvalue weighted by molar-refractivity contribution is -0.384. The highest BCUT2D eigenvalue weighted by Crippen LogP contribution is 2.48. The first-order valence-electron chi connectivity index (χ1n) is 7.75. The van der Waals surface area contributed by atoms with Crippen molar-refractivity contribution in [2.45, 2.75) is 13.0 Å². The predicted molar refractivity (Wildman–Crippen MR) is 94.1 cm³/mol. The Hall–Kier alpha value is -2.54. The maximum absolute atomic E-state index is 12.6. The molecule has 2 rings (SSSR count). The molecule has 8 nitrogen and oxygen atoms in total. The molecule has 0 spiro atoms. The van der Waals surface area contributed by atoms with E-state index < -0.39 is 24.7 Å². The summed E-state index contributed by atoms with van der Waals surface area (Å²) >= 11 is 0. The Morgan fingerprint density at radius 2 is 1.69 bits per heavy atom. The topological polar surface area (TPSA) is 116 Å². The molecule has 0 fully saturated rings. The minimum Gasteiger partial charge on any atom is -0.481 e. The van der Waals surface area contributed by atoms with E-state index in [2.05, 4.69) is 0 Å². The fraction of sp³-hybridized carbons (Fsp3) is 0.235. The van der Waals surface area contributed by atoms with Gasteiger partial charge in [0.1, 0.15) is 6.16 Å². The van der Waals surface area contributed by atoms with Crippen molar-refractivity contribution in [3.05, 3.63) is 75.8 Å². The molecule has 0 aliphatic rings. The summed E-state index contributed by atoms with van der Waals surface area (Å²) in [5.74, 6) is -1.29. The monoisotopic (exact) mass is 379 g/mol. The summed E-state index contributed by atoms with van der Waals surface area (Å²) in [5.41, 5.74) is 1.40. The first kappa shape index (κ1) is 19.8. The van der Waals surface area contributed by atoms with Gasteiger partial charge >= 0.3 is 13.6 Å². The SMILES string of the molecule is O=C(O)CP(=O)(OCCc1ccccc1)OCc1ccc([N+](=O)[O-])cc1. The molecule has 26 heavy (non-hydrogen) atoms. The molecule has 0 bridgehead atoms. The lowest BCUT2D eigenvalue weighted by atomic mass is 10.2. The van der Waals surface area contributed by atoms with Gasteiger partial charge in [-0.05, 0) is 29.7 Å². The molecule has 0 amide bonds. The molecule has 1 atom stereocenters. The summed E-state index contributed by atoms with van der Waals surface area (Å²) in [6.07, 6.45) is -0.292. The van der Waals surface area contributed by atoms with E-state index in [9.17, 15) is 19.5 Å². The molecule has 0 radical (unpaired) electrons. The molecule has 0 aliphatic heterocycles. The minimum absolute atomic E-state index is 0.0504. The Labute approximate surface area is 150 Å². The van der Waals surface area contributed by atoms with Gasteiger partial charge in [0.15, 0.2) is 0 Å². The van der Waals surface area contributed by atoms with E-state index >= 15 is 0 Å². The number of non-ortho nitro benzene ring substituents is 1. The van der Waals surface area contributed by atoms with Crippen molar-refractivity contribution < 1.29 is 28.4 Å². The van der Waals surface area contributed by atoms with Gasteiger partial charge in [0.05, 0.1) is 18.1 Å². The summed E-state index contributed by atoms with van der Waals surface area (Å²) in [6.45, 7) is -0.122. The highest BCUT2D eigenvalue weighted by molar-refractivity contribution is 7.54. The molecule has 138 valence electrons. The lowest BCUT2D eigenvalue weighted by Crippen LogP contribution is -2.10. The second-order valence-electron chi connectivity index (χ2n) is 5.43. The summed E-state index contributed by atoms with van der Waals surface area (Å²) in [5, 5.41) is 19.6. The fourth-order valence-corrected chi connectivity index (χ4v) is 3.43. The number of carboxylic acid groups (broad SMARTS) is 1. The maximum atomic E-state index is 12.6. The Morgan fingerprint density at radius 1 is 1.04 bits per heavy atom. The second kappa shape index (κ2) is 9.24. The van der Waals surface area contributed by atoms with Crippen LogP contribution < -0.4 is 0 Å². The molecule has 0 heterocycles. The van der Waals surface area contributed by atoms with Crippen LogP contribution in [0.15, 0.2) is 54.6 Å². The standard InChI is InChI=1S/C17H18NO7P/c19-17(20)13-26(23,24-11-10-14-4-2-1-3-5-14)25-12-15-6-8-16(9-7-15)18(21)22/h1-9H,10-13H2,(H,19,20). The Kier molecular flexibility index (Phi) is 7.03. The fourth-order valence-electron chi connectivity index (χ4n) is 2.13. The molecule has 1 N–H and O–H groups in total. The van der Waals surface area contributed by atoms with Crippen LogP contribution in [0.25, 0.3) is 0 Å². The largest absolute Gasteiger partial charge is 0.481 e. The normalized spacial score (nSPS) is 13.1. The molecule has 2 aromatic carbocycles. The lowest BCUT2D eigenvalue weighted by Gasteiger charge is -2.17. The van der Waals surface area contributed by atoms with Gasteiger partial charge in [-0.2, -0.15) is 0 Å². The average molecular weight is 379 g/mol. The molecule has 0 aromatic heterocycles. The number of rotatable bonds is 10. The van der Waals surface area contributed by atoms with Gasteiger partial charge in [-0.25, -0.2) is 0 Å². The van der Waals surface area contributed by atoms with Gasteiger partial charge in [0.2, 0.25) is 0 Å². The number of carboxylic acids is 1. The number of hydrogen-bond donors (Lipinski definition) is 1. The van der Waals surface area contributed by atoms with Crippen molar-refractivity contribution in [3.63, 3.8) is 0 Å². The van der Waals surface area contributed by atoms with E-state index in [1.165, 1.54) is 24.3 Å². The van der Waals surface area contributed by atoms with Crippen molar-refractivity contribution in [3.8, 4) is 0 Å². The van der Waals surface area contributed by atoms with Gasteiger partial charge < -0.3 is 14.2 Å². The molecule has 0 aliphatic carbocycles. The van der Waals surface area contributed by atoms with Crippen molar-refractivity contribution in [2.24, 2.45) is 0 Å². The van der Waals surface area contributed by atoms with Crippen LogP contribution in [0.4, 0.5) is 5.69 Å². The highest BCUT2D eigenvalue weighted by Gasteiger charge is 2.28. The Morgan fingerprint density at radius 3 is 2.27 bits per heavy atom. The van der Waals surface area contributed by atoms with Crippen LogP contribution >= 0.6 is 7.60 Å². The predicted octanol–water partition coefficient (Wildman–Crippen LogP) is 3.65. The molecule has 0 saturated heterocycles. The first-order valence-corrected chi connectivity index (χ1v) is 9.48. The van der Waals surface area contributed by atoms with Crippen molar-refractivity contribution in [1.82, 2.24) is 0 Å². The van der Waals surface area contributed by atoms with Crippen LogP contribution in [0.2, 0.25) is 0 Å². The minimum atomic E-state index is -3.84. The molecular weight excluding hydrogens is 361 g/mol. The molecule has 9 heteroatoms. The third kappa shape index (κ3) is 6.40. The number of nitrogens with zero attached hydrogens (tertiary/aromatic N) is 1. The number of nitro groups is 1. The Bertz CT molecular complexity index is 793. The number of benzene rings is 2. The first-order chi connectivity index (χ1) is 12.4. The maximum Gasteiger partial charge on any atom is 0.342 e. The summed E-state index contributed by atoms with van der Waals surface area (Å²) in [4.78, 5) is 21.1. The van der Waals surface area contributed by atoms with E-state index in [-0.39, 0.29) is 18.9 Å². The smallest absolute Gasteiger partial charge is 0.342 e. The number of carbonyl (C=O) groups is 1. The molecular formula is C17H18NO7P. The van der Waals surface area contributed by atoms with Gasteiger partial charge in [-0.1, -0.05) is 30.3 Å². The summed E-state index contributed by atoms with van der Waals surface area (Å²) in [6, 6.07) is 14.8. The van der Waals surface area contributed by atoms with Crippen molar-refractivity contribution >= 4 is 19.3 Å². The van der Waals surface area contributed by atoms with Crippen LogP contribution in [0, 0.1) is 10.1 Å². The van der Waals surface area contributed by atoms with Crippen LogP contribution in [-0.2, 0) is 31.4 Å². The van der Waals surface area contributed by atoms with E-state index in [1.54, 1.807) is 0 Å². The highest BCUT2D eigenvalue weighted by atomic mass is 31.2. The van der Waals surface area contributed by atoms with Crippen molar-refractivity contribution in [1.29, 1.82) is 0 Å². The van der Waals surface area contributed by atoms with Crippen LogP contribution in [-0.4, -0.2) is 28.8 Å². The zero-order chi connectivity index (χ0) is 19.0. The van der Waals surface area contributed by atoms with Crippen LogP contribution in [0.5, 0.6) is 0 Å². The second-order valence-corrected chi connectivity index (χ2v) is 7.48. The van der Waals surface area contributed by atoms with Gasteiger partial charge in [-0.15, -0.1) is 0 Å². The van der Waals surface area contributed by atoms with E-state index in [0.29, 0.717) is 12.0 Å². The van der Waals surface area contributed by atoms with Gasteiger partial charge in [0.25, 0.3) is 5.69 Å². The third-order valence-corrected chi connectivity index (χ3v) is 5.18. The number of nitro benzene ring substituents is 1. The van der Waals surface area contributed by atoms with E-state index in [4.69, 9.17) is 14.2 Å². The third-order valence-electron chi connectivity index (χ3n) is 3.43. The Balaban J connectivity index is 1.95. The number of aliphatic carboxylic acids is 1. The van der Waals surface area contributed by atoms with Crippen LogP contribution in [0.3, 0.4) is 0 Å². The van der Waals surface area contributed by atoms with Crippen LogP contribution in [0.1, 0.15) is 11.1 Å². The quantitative estimate of drug-likeness (QED) is 0.380. The zero-order valence-corrected chi connectivity index (χ0v) is 14.7. The zero-order valence-electron chi connectivity index (χ0n) is 13.8. The van der Waals surface area contributed by atoms with Gasteiger partial charge in [-0.3, -0.25) is 19.5 Å².